The molecule has 98 valence electrons. The normalized spacial score (nSPS) is 11.8. The highest BCUT2D eigenvalue weighted by molar-refractivity contribution is 5.74. The molecular formula is C16H16O3. The molecule has 19 heavy (non-hydrogen) atoms. The predicted molar refractivity (Wildman–Crippen MR) is 73.3 cm³/mol. The minimum absolute atomic E-state index is 0.626. The molecule has 1 atom stereocenters. The Hall–Kier alpha value is -2.29. The van der Waals surface area contributed by atoms with Crippen molar-refractivity contribution in [2.45, 2.75) is 19.4 Å². The molecule has 0 radical (unpaired) electrons. The van der Waals surface area contributed by atoms with Crippen LogP contribution in [0.2, 0.25) is 0 Å². The zero-order chi connectivity index (χ0) is 13.7. The SMILES string of the molecule is CCc1ccccc1O[C@@H](C(=O)O)c1ccccc1. The molecule has 2 rings (SSSR count). The number of para-hydroxylation sites is 1. The summed E-state index contributed by atoms with van der Waals surface area (Å²) in [7, 11) is 0. The van der Waals surface area contributed by atoms with Gasteiger partial charge in [0, 0.05) is 5.56 Å². The molecule has 0 fully saturated rings. The Bertz CT molecular complexity index is 549. The van der Waals surface area contributed by atoms with Gasteiger partial charge in [0.05, 0.1) is 0 Å². The van der Waals surface area contributed by atoms with Crippen molar-refractivity contribution in [1.82, 2.24) is 0 Å². The van der Waals surface area contributed by atoms with E-state index in [0.717, 1.165) is 12.0 Å². The second-order valence-electron chi connectivity index (χ2n) is 4.21. The molecule has 0 aliphatic rings. The van der Waals surface area contributed by atoms with Crippen LogP contribution in [0.15, 0.2) is 54.6 Å². The van der Waals surface area contributed by atoms with Gasteiger partial charge in [-0.15, -0.1) is 0 Å². The third-order valence-electron chi connectivity index (χ3n) is 2.92. The predicted octanol–water partition coefficient (Wildman–Crippen LogP) is 3.45. The van der Waals surface area contributed by atoms with Crippen LogP contribution in [-0.4, -0.2) is 11.1 Å². The molecule has 0 bridgehead atoms. The van der Waals surface area contributed by atoms with Crippen molar-refractivity contribution in [2.24, 2.45) is 0 Å². The van der Waals surface area contributed by atoms with E-state index in [4.69, 9.17) is 4.74 Å². The van der Waals surface area contributed by atoms with Gasteiger partial charge in [-0.3, -0.25) is 0 Å². The molecule has 2 aromatic carbocycles. The Morgan fingerprint density at radius 3 is 2.37 bits per heavy atom. The van der Waals surface area contributed by atoms with Crippen molar-refractivity contribution in [2.75, 3.05) is 0 Å². The van der Waals surface area contributed by atoms with Crippen LogP contribution >= 0.6 is 0 Å². The molecule has 3 heteroatoms. The van der Waals surface area contributed by atoms with Crippen LogP contribution in [0.4, 0.5) is 0 Å². The number of hydrogen-bond acceptors (Lipinski definition) is 2. The Morgan fingerprint density at radius 2 is 1.74 bits per heavy atom. The average molecular weight is 256 g/mol. The molecule has 0 saturated heterocycles. The average Bonchev–Trinajstić information content (AvgIpc) is 2.45. The van der Waals surface area contributed by atoms with Crippen molar-refractivity contribution in [1.29, 1.82) is 0 Å². The summed E-state index contributed by atoms with van der Waals surface area (Å²) in [6, 6.07) is 16.5. The summed E-state index contributed by atoms with van der Waals surface area (Å²) in [4.78, 5) is 11.4. The molecule has 2 aromatic rings. The minimum atomic E-state index is -0.989. The number of hydrogen-bond donors (Lipinski definition) is 1. The Balaban J connectivity index is 2.30. The number of ether oxygens (including phenoxy) is 1. The van der Waals surface area contributed by atoms with Gasteiger partial charge in [-0.05, 0) is 18.1 Å². The number of aryl methyl sites for hydroxylation is 1. The van der Waals surface area contributed by atoms with Gasteiger partial charge in [0.1, 0.15) is 5.75 Å². The molecule has 0 saturated carbocycles. The molecule has 0 aliphatic carbocycles. The number of carbonyl (C=O) groups is 1. The molecular weight excluding hydrogens is 240 g/mol. The first-order chi connectivity index (χ1) is 9.22. The van der Waals surface area contributed by atoms with Crippen molar-refractivity contribution in [3.05, 3.63) is 65.7 Å². The van der Waals surface area contributed by atoms with E-state index in [9.17, 15) is 9.90 Å². The van der Waals surface area contributed by atoms with E-state index in [1.807, 2.05) is 31.2 Å². The van der Waals surface area contributed by atoms with E-state index < -0.39 is 12.1 Å². The number of benzene rings is 2. The Morgan fingerprint density at radius 1 is 1.11 bits per heavy atom. The van der Waals surface area contributed by atoms with Crippen molar-refractivity contribution < 1.29 is 14.6 Å². The van der Waals surface area contributed by atoms with Gasteiger partial charge in [0.15, 0.2) is 0 Å². The quantitative estimate of drug-likeness (QED) is 0.891. The fourth-order valence-electron chi connectivity index (χ4n) is 1.93. The summed E-state index contributed by atoms with van der Waals surface area (Å²) in [6.45, 7) is 2.01. The summed E-state index contributed by atoms with van der Waals surface area (Å²) < 4.78 is 5.68. The van der Waals surface area contributed by atoms with E-state index in [1.54, 1.807) is 30.3 Å². The third-order valence-corrected chi connectivity index (χ3v) is 2.92. The largest absolute Gasteiger partial charge is 0.478 e. The first kappa shape index (κ1) is 13.1. The first-order valence-electron chi connectivity index (χ1n) is 6.24. The highest BCUT2D eigenvalue weighted by atomic mass is 16.5. The summed E-state index contributed by atoms with van der Waals surface area (Å²) >= 11 is 0. The minimum Gasteiger partial charge on any atom is -0.478 e. The maximum atomic E-state index is 11.4. The van der Waals surface area contributed by atoms with Crippen LogP contribution < -0.4 is 4.74 Å². The molecule has 0 aromatic heterocycles. The highest BCUT2D eigenvalue weighted by Gasteiger charge is 2.22. The second-order valence-corrected chi connectivity index (χ2v) is 4.21. The van der Waals surface area contributed by atoms with Gasteiger partial charge in [-0.1, -0.05) is 55.5 Å². The van der Waals surface area contributed by atoms with Crippen molar-refractivity contribution >= 4 is 5.97 Å². The zero-order valence-corrected chi connectivity index (χ0v) is 10.7. The maximum absolute atomic E-state index is 11.4. The van der Waals surface area contributed by atoms with Crippen molar-refractivity contribution in [3.8, 4) is 5.75 Å². The standard InChI is InChI=1S/C16H16O3/c1-2-12-8-6-7-11-14(12)19-15(16(17)18)13-9-4-3-5-10-13/h3-11,15H,2H2,1H3,(H,17,18)/t15-/m1/s1. The van der Waals surface area contributed by atoms with Gasteiger partial charge in [0.25, 0.3) is 0 Å². The first-order valence-corrected chi connectivity index (χ1v) is 6.24. The van der Waals surface area contributed by atoms with Gasteiger partial charge in [-0.25, -0.2) is 4.79 Å². The number of rotatable bonds is 5. The van der Waals surface area contributed by atoms with E-state index in [1.165, 1.54) is 0 Å². The molecule has 3 nitrogen and oxygen atoms in total. The lowest BCUT2D eigenvalue weighted by molar-refractivity contribution is -0.145. The van der Waals surface area contributed by atoms with Gasteiger partial charge in [-0.2, -0.15) is 0 Å². The summed E-state index contributed by atoms with van der Waals surface area (Å²) in [6.07, 6.45) is -0.175. The van der Waals surface area contributed by atoms with Crippen LogP contribution in [0.3, 0.4) is 0 Å². The van der Waals surface area contributed by atoms with Gasteiger partial charge < -0.3 is 9.84 Å². The Kier molecular flexibility index (Phi) is 4.18. The monoisotopic (exact) mass is 256 g/mol. The van der Waals surface area contributed by atoms with Gasteiger partial charge >= 0.3 is 5.97 Å². The topological polar surface area (TPSA) is 46.5 Å². The zero-order valence-electron chi connectivity index (χ0n) is 10.7. The fourth-order valence-corrected chi connectivity index (χ4v) is 1.93. The van der Waals surface area contributed by atoms with Crippen molar-refractivity contribution in [3.63, 3.8) is 0 Å². The number of carboxylic acid groups (broad SMARTS) is 1. The van der Waals surface area contributed by atoms with Gasteiger partial charge in [0.2, 0.25) is 6.10 Å². The number of aliphatic carboxylic acids is 1. The number of carboxylic acids is 1. The Labute approximate surface area is 112 Å². The lowest BCUT2D eigenvalue weighted by atomic mass is 10.1. The van der Waals surface area contributed by atoms with Crippen LogP contribution in [0.5, 0.6) is 5.75 Å². The van der Waals surface area contributed by atoms with Crippen LogP contribution in [0.1, 0.15) is 24.2 Å². The van der Waals surface area contributed by atoms with E-state index in [0.29, 0.717) is 11.3 Å². The van der Waals surface area contributed by atoms with Crippen LogP contribution in [0.25, 0.3) is 0 Å². The lowest BCUT2D eigenvalue weighted by Gasteiger charge is -2.17. The highest BCUT2D eigenvalue weighted by Crippen LogP contribution is 2.26. The lowest BCUT2D eigenvalue weighted by Crippen LogP contribution is -2.18. The molecule has 0 heterocycles. The summed E-state index contributed by atoms with van der Waals surface area (Å²) in [5, 5.41) is 9.33. The van der Waals surface area contributed by atoms with E-state index in [2.05, 4.69) is 0 Å². The molecule has 1 N–H and O–H groups in total. The molecule has 0 aliphatic heterocycles. The smallest absolute Gasteiger partial charge is 0.349 e. The second kappa shape index (κ2) is 6.05. The molecule has 0 amide bonds. The summed E-state index contributed by atoms with van der Waals surface area (Å²) in [5.74, 6) is -0.363. The molecule has 0 spiro atoms. The summed E-state index contributed by atoms with van der Waals surface area (Å²) in [5.41, 5.74) is 1.64. The maximum Gasteiger partial charge on any atom is 0.349 e. The molecule has 0 unspecified atom stereocenters. The van der Waals surface area contributed by atoms with Crippen LogP contribution in [0, 0.1) is 0 Å². The third kappa shape index (κ3) is 3.13. The van der Waals surface area contributed by atoms with E-state index >= 15 is 0 Å². The van der Waals surface area contributed by atoms with Crippen LogP contribution in [-0.2, 0) is 11.2 Å². The fraction of sp³-hybridized carbons (Fsp3) is 0.188. The van der Waals surface area contributed by atoms with E-state index in [-0.39, 0.29) is 0 Å².